The average Bonchev–Trinajstić information content (AvgIpc) is 2.94. The fraction of sp³-hybridized carbons (Fsp3) is 0.400. The molecule has 4 nitrogen and oxygen atoms in total. The number of halogens is 1. The molecule has 1 aromatic carbocycles. The van der Waals surface area contributed by atoms with Crippen LogP contribution in [-0.4, -0.2) is 18.6 Å². The van der Waals surface area contributed by atoms with Crippen molar-refractivity contribution in [2.45, 2.75) is 26.3 Å². The highest BCUT2D eigenvalue weighted by Crippen LogP contribution is 2.33. The number of nitrogens with one attached hydrogen (secondary N) is 1. The van der Waals surface area contributed by atoms with Gasteiger partial charge in [-0.25, -0.2) is 4.98 Å². The van der Waals surface area contributed by atoms with Crippen LogP contribution in [0.3, 0.4) is 0 Å². The van der Waals surface area contributed by atoms with Gasteiger partial charge >= 0.3 is 0 Å². The molecule has 1 aromatic heterocycles. The van der Waals surface area contributed by atoms with Crippen molar-refractivity contribution in [1.29, 1.82) is 0 Å². The third kappa shape index (κ3) is 3.41. The van der Waals surface area contributed by atoms with Crippen LogP contribution in [0.2, 0.25) is 0 Å². The third-order valence-electron chi connectivity index (χ3n) is 3.02. The summed E-state index contributed by atoms with van der Waals surface area (Å²) in [4.78, 5) is 4.35. The first kappa shape index (κ1) is 15.1. The number of oxazole rings is 1. The van der Waals surface area contributed by atoms with Crippen LogP contribution in [0.15, 0.2) is 33.3 Å². The quantitative estimate of drug-likeness (QED) is 0.858. The maximum absolute atomic E-state index is 5.84. The number of nitrogens with zero attached hydrogens (tertiary/aromatic N) is 1. The molecule has 0 amide bonds. The summed E-state index contributed by atoms with van der Waals surface area (Å²) in [5, 5.41) is 3.36. The van der Waals surface area contributed by atoms with Gasteiger partial charge in [-0.05, 0) is 38.1 Å². The number of benzene rings is 1. The fourth-order valence-electron chi connectivity index (χ4n) is 1.93. The molecule has 0 saturated heterocycles. The second kappa shape index (κ2) is 6.90. The lowest BCUT2D eigenvalue weighted by Gasteiger charge is -2.09. The number of aromatic nitrogens is 1. The highest BCUT2D eigenvalue weighted by Gasteiger charge is 2.15. The van der Waals surface area contributed by atoms with Crippen molar-refractivity contribution in [2.75, 3.05) is 13.7 Å². The molecule has 1 heterocycles. The van der Waals surface area contributed by atoms with Crippen molar-refractivity contribution in [3.05, 3.63) is 34.8 Å². The Hall–Kier alpha value is -1.33. The van der Waals surface area contributed by atoms with Gasteiger partial charge in [-0.15, -0.1) is 0 Å². The Labute approximate surface area is 127 Å². The summed E-state index contributed by atoms with van der Waals surface area (Å²) in [6.07, 6.45) is 2.82. The number of methoxy groups -OCH3 is 1. The molecule has 0 bridgehead atoms. The summed E-state index contributed by atoms with van der Waals surface area (Å²) in [5.41, 5.74) is 0.900. The zero-order chi connectivity index (χ0) is 14.5. The molecule has 0 saturated carbocycles. The molecule has 0 aliphatic carbocycles. The molecule has 0 aliphatic heterocycles. The Morgan fingerprint density at radius 2 is 2.25 bits per heavy atom. The van der Waals surface area contributed by atoms with E-state index in [0.717, 1.165) is 34.5 Å². The molecule has 1 atom stereocenters. The SMILES string of the molecule is CCCNC(C)c1ncc(-c2ccc(Br)cc2OC)o1. The largest absolute Gasteiger partial charge is 0.496 e. The van der Waals surface area contributed by atoms with E-state index < -0.39 is 0 Å². The van der Waals surface area contributed by atoms with Crippen LogP contribution in [0.5, 0.6) is 5.75 Å². The van der Waals surface area contributed by atoms with Gasteiger partial charge in [-0.3, -0.25) is 0 Å². The molecule has 5 heteroatoms. The lowest BCUT2D eigenvalue weighted by Crippen LogP contribution is -2.19. The van der Waals surface area contributed by atoms with Crippen molar-refractivity contribution >= 4 is 15.9 Å². The lowest BCUT2D eigenvalue weighted by atomic mass is 10.1. The molecule has 0 spiro atoms. The summed E-state index contributed by atoms with van der Waals surface area (Å²) in [7, 11) is 1.65. The van der Waals surface area contributed by atoms with E-state index in [-0.39, 0.29) is 6.04 Å². The van der Waals surface area contributed by atoms with E-state index in [0.29, 0.717) is 5.89 Å². The second-order valence-corrected chi connectivity index (χ2v) is 5.50. The van der Waals surface area contributed by atoms with Crippen LogP contribution in [0.25, 0.3) is 11.3 Å². The molecule has 2 aromatic rings. The Kier molecular flexibility index (Phi) is 5.20. The van der Waals surface area contributed by atoms with Crippen molar-refractivity contribution in [3.63, 3.8) is 0 Å². The van der Waals surface area contributed by atoms with Crippen molar-refractivity contribution in [3.8, 4) is 17.1 Å². The highest BCUT2D eigenvalue weighted by atomic mass is 79.9. The molecule has 0 aliphatic rings. The van der Waals surface area contributed by atoms with E-state index in [1.807, 2.05) is 25.1 Å². The number of ether oxygens (including phenoxy) is 1. The van der Waals surface area contributed by atoms with Crippen LogP contribution < -0.4 is 10.1 Å². The molecular formula is C15H19BrN2O2. The fourth-order valence-corrected chi connectivity index (χ4v) is 2.27. The van der Waals surface area contributed by atoms with Crippen LogP contribution in [-0.2, 0) is 0 Å². The van der Waals surface area contributed by atoms with Gasteiger partial charge in [0.15, 0.2) is 5.76 Å². The zero-order valence-electron chi connectivity index (χ0n) is 11.9. The minimum atomic E-state index is 0.102. The number of rotatable bonds is 6. The molecule has 20 heavy (non-hydrogen) atoms. The molecule has 1 N–H and O–H groups in total. The van der Waals surface area contributed by atoms with Crippen molar-refractivity contribution in [2.24, 2.45) is 0 Å². The summed E-state index contributed by atoms with van der Waals surface area (Å²) < 4.78 is 12.2. The molecular weight excluding hydrogens is 320 g/mol. The Bertz CT molecular complexity index is 569. The topological polar surface area (TPSA) is 47.3 Å². The van der Waals surface area contributed by atoms with E-state index in [4.69, 9.17) is 9.15 Å². The van der Waals surface area contributed by atoms with Gasteiger partial charge in [0.1, 0.15) is 5.75 Å². The first-order valence-corrected chi connectivity index (χ1v) is 7.48. The van der Waals surface area contributed by atoms with Gasteiger partial charge in [-0.2, -0.15) is 0 Å². The van der Waals surface area contributed by atoms with Crippen LogP contribution in [0, 0.1) is 0 Å². The van der Waals surface area contributed by atoms with Gasteiger partial charge in [0, 0.05) is 4.47 Å². The Balaban J connectivity index is 2.24. The first-order chi connectivity index (χ1) is 9.65. The maximum atomic E-state index is 5.84. The van der Waals surface area contributed by atoms with Crippen LogP contribution >= 0.6 is 15.9 Å². The summed E-state index contributed by atoms with van der Waals surface area (Å²) in [6.45, 7) is 5.12. The van der Waals surface area contributed by atoms with Gasteiger partial charge in [-0.1, -0.05) is 22.9 Å². The first-order valence-electron chi connectivity index (χ1n) is 6.68. The van der Waals surface area contributed by atoms with Gasteiger partial charge in [0.2, 0.25) is 5.89 Å². The lowest BCUT2D eigenvalue weighted by molar-refractivity contribution is 0.407. The Morgan fingerprint density at radius 1 is 1.45 bits per heavy atom. The van der Waals surface area contributed by atoms with Gasteiger partial charge < -0.3 is 14.5 Å². The summed E-state index contributed by atoms with van der Waals surface area (Å²) in [6, 6.07) is 5.93. The van der Waals surface area contributed by atoms with E-state index in [9.17, 15) is 0 Å². The van der Waals surface area contributed by atoms with Crippen molar-refractivity contribution < 1.29 is 9.15 Å². The second-order valence-electron chi connectivity index (χ2n) is 4.58. The van der Waals surface area contributed by atoms with Gasteiger partial charge in [0.25, 0.3) is 0 Å². The maximum Gasteiger partial charge on any atom is 0.211 e. The smallest absolute Gasteiger partial charge is 0.211 e. The monoisotopic (exact) mass is 338 g/mol. The summed E-state index contributed by atoms with van der Waals surface area (Å²) in [5.74, 6) is 2.17. The molecule has 108 valence electrons. The third-order valence-corrected chi connectivity index (χ3v) is 3.52. The van der Waals surface area contributed by atoms with E-state index in [1.54, 1.807) is 13.3 Å². The predicted molar refractivity (Wildman–Crippen MR) is 82.9 cm³/mol. The number of hydrogen-bond acceptors (Lipinski definition) is 4. The van der Waals surface area contributed by atoms with E-state index in [2.05, 4.69) is 33.2 Å². The van der Waals surface area contributed by atoms with Crippen LogP contribution in [0.1, 0.15) is 32.2 Å². The zero-order valence-corrected chi connectivity index (χ0v) is 13.5. The number of hydrogen-bond donors (Lipinski definition) is 1. The van der Waals surface area contributed by atoms with Crippen LogP contribution in [0.4, 0.5) is 0 Å². The van der Waals surface area contributed by atoms with Crippen molar-refractivity contribution in [1.82, 2.24) is 10.3 Å². The van der Waals surface area contributed by atoms with E-state index in [1.165, 1.54) is 0 Å². The average molecular weight is 339 g/mol. The highest BCUT2D eigenvalue weighted by molar-refractivity contribution is 9.10. The Morgan fingerprint density at radius 3 is 2.95 bits per heavy atom. The molecule has 0 radical (unpaired) electrons. The normalized spacial score (nSPS) is 12.4. The minimum absolute atomic E-state index is 0.102. The minimum Gasteiger partial charge on any atom is -0.496 e. The molecule has 1 unspecified atom stereocenters. The standard InChI is InChI=1S/C15H19BrN2O2/c1-4-7-17-10(2)15-18-9-14(20-15)12-6-5-11(16)8-13(12)19-3/h5-6,8-10,17H,4,7H2,1-3H3. The van der Waals surface area contributed by atoms with E-state index >= 15 is 0 Å². The predicted octanol–water partition coefficient (Wildman–Crippen LogP) is 4.17. The molecule has 2 rings (SSSR count). The summed E-state index contributed by atoms with van der Waals surface area (Å²) >= 11 is 3.43. The van der Waals surface area contributed by atoms with Gasteiger partial charge in [0.05, 0.1) is 24.9 Å². The molecule has 0 fully saturated rings.